The van der Waals surface area contributed by atoms with Crippen LogP contribution < -0.4 is 10.0 Å². The number of nitro groups is 1. The average molecular weight is 415 g/mol. The molecule has 1 amide bonds. The van der Waals surface area contributed by atoms with Crippen LogP contribution in [0, 0.1) is 15.9 Å². The number of nitrogens with zero attached hydrogens (tertiary/aromatic N) is 1. The van der Waals surface area contributed by atoms with Crippen molar-refractivity contribution in [1.82, 2.24) is 0 Å². The number of amides is 1. The predicted octanol–water partition coefficient (Wildman–Crippen LogP) is 3.79. The number of hydrogen-bond acceptors (Lipinski definition) is 5. The molecule has 0 radical (unpaired) electrons. The molecule has 0 heterocycles. The molecule has 0 saturated heterocycles. The largest absolute Gasteiger partial charge is 0.322 e. The summed E-state index contributed by atoms with van der Waals surface area (Å²) in [5.41, 5.74) is -0.218. The van der Waals surface area contributed by atoms with Crippen molar-refractivity contribution >= 4 is 33.0 Å². The van der Waals surface area contributed by atoms with E-state index in [1.807, 2.05) is 0 Å². The van der Waals surface area contributed by atoms with Crippen LogP contribution in [0.4, 0.5) is 21.5 Å². The first-order valence-corrected chi connectivity index (χ1v) is 9.68. The molecule has 10 heteroatoms. The fourth-order valence-electron chi connectivity index (χ4n) is 2.44. The Labute approximate surface area is 165 Å². The molecule has 0 aliphatic carbocycles. The zero-order chi connectivity index (χ0) is 21.0. The second kappa shape index (κ2) is 8.07. The molecule has 0 unspecified atom stereocenters. The van der Waals surface area contributed by atoms with E-state index in [9.17, 15) is 27.7 Å². The second-order valence-corrected chi connectivity index (χ2v) is 7.56. The maximum Gasteiger partial charge on any atom is 0.306 e. The molecule has 0 aromatic heterocycles. The summed E-state index contributed by atoms with van der Waals surface area (Å²) in [4.78, 5) is 22.1. The van der Waals surface area contributed by atoms with E-state index in [1.54, 1.807) is 30.3 Å². The summed E-state index contributed by atoms with van der Waals surface area (Å²) in [7, 11) is -3.83. The third kappa shape index (κ3) is 4.74. The molecule has 8 nitrogen and oxygen atoms in total. The van der Waals surface area contributed by atoms with Crippen LogP contribution in [0.2, 0.25) is 0 Å². The van der Waals surface area contributed by atoms with Crippen molar-refractivity contribution in [3.05, 3.63) is 94.3 Å². The van der Waals surface area contributed by atoms with E-state index in [4.69, 9.17) is 0 Å². The van der Waals surface area contributed by atoms with E-state index >= 15 is 0 Å². The van der Waals surface area contributed by atoms with E-state index in [0.717, 1.165) is 12.1 Å². The number of para-hydroxylation sites is 1. The van der Waals surface area contributed by atoms with Crippen molar-refractivity contribution < 1.29 is 22.5 Å². The highest BCUT2D eigenvalue weighted by Gasteiger charge is 2.17. The van der Waals surface area contributed by atoms with Gasteiger partial charge in [-0.2, -0.15) is 4.39 Å². The molecule has 2 N–H and O–H groups in total. The number of carbonyl (C=O) groups excluding carboxylic acids is 1. The van der Waals surface area contributed by atoms with Gasteiger partial charge < -0.3 is 5.32 Å². The van der Waals surface area contributed by atoms with E-state index in [-0.39, 0.29) is 16.1 Å². The van der Waals surface area contributed by atoms with E-state index in [1.165, 1.54) is 30.3 Å². The number of nitrogens with one attached hydrogen (secondary N) is 2. The standard InChI is InChI=1S/C19H14FN3O5S/c20-17-11-8-15(12-18(17)23(25)26)21-19(24)13-6-9-16(10-7-13)29(27,28)22-14-4-2-1-3-5-14/h1-12,22H,(H,21,24). The van der Waals surface area contributed by atoms with Gasteiger partial charge in [0.25, 0.3) is 15.9 Å². The summed E-state index contributed by atoms with van der Waals surface area (Å²) in [5.74, 6) is -1.65. The Kier molecular flexibility index (Phi) is 5.55. The number of rotatable bonds is 6. The predicted molar refractivity (Wildman–Crippen MR) is 105 cm³/mol. The van der Waals surface area contributed by atoms with Gasteiger partial charge in [0, 0.05) is 23.0 Å². The number of nitro benzene ring substituents is 1. The van der Waals surface area contributed by atoms with Gasteiger partial charge in [0.1, 0.15) is 0 Å². The molecule has 148 valence electrons. The first-order chi connectivity index (χ1) is 13.8. The summed E-state index contributed by atoms with van der Waals surface area (Å²) in [6.07, 6.45) is 0. The van der Waals surface area contributed by atoms with Gasteiger partial charge in [0.15, 0.2) is 0 Å². The minimum Gasteiger partial charge on any atom is -0.322 e. The highest BCUT2D eigenvalue weighted by molar-refractivity contribution is 7.92. The number of halogens is 1. The molecule has 0 atom stereocenters. The van der Waals surface area contributed by atoms with Crippen LogP contribution in [-0.4, -0.2) is 19.2 Å². The quantitative estimate of drug-likeness (QED) is 0.469. The molecule has 3 aromatic rings. The minimum absolute atomic E-state index is 0.0329. The average Bonchev–Trinajstić information content (AvgIpc) is 2.69. The molecule has 0 bridgehead atoms. The van der Waals surface area contributed by atoms with E-state index in [2.05, 4.69) is 10.0 Å². The third-order valence-corrected chi connectivity index (χ3v) is 5.25. The van der Waals surface area contributed by atoms with Crippen LogP contribution in [0.5, 0.6) is 0 Å². The van der Waals surface area contributed by atoms with Crippen molar-refractivity contribution in [3.8, 4) is 0 Å². The highest BCUT2D eigenvalue weighted by atomic mass is 32.2. The number of sulfonamides is 1. The molecule has 0 fully saturated rings. The number of carbonyl (C=O) groups is 1. The lowest BCUT2D eigenvalue weighted by Crippen LogP contribution is -2.15. The Balaban J connectivity index is 1.75. The monoisotopic (exact) mass is 415 g/mol. The summed E-state index contributed by atoms with van der Waals surface area (Å²) >= 11 is 0. The van der Waals surface area contributed by atoms with Crippen molar-refractivity contribution in [2.45, 2.75) is 4.90 Å². The van der Waals surface area contributed by atoms with Gasteiger partial charge in [-0.3, -0.25) is 19.6 Å². The van der Waals surface area contributed by atoms with Crippen molar-refractivity contribution in [1.29, 1.82) is 0 Å². The van der Waals surface area contributed by atoms with Crippen LogP contribution in [0.25, 0.3) is 0 Å². The van der Waals surface area contributed by atoms with Crippen molar-refractivity contribution in [3.63, 3.8) is 0 Å². The maximum absolute atomic E-state index is 13.4. The number of hydrogen-bond donors (Lipinski definition) is 2. The fourth-order valence-corrected chi connectivity index (χ4v) is 3.50. The van der Waals surface area contributed by atoms with Crippen molar-refractivity contribution in [2.24, 2.45) is 0 Å². The van der Waals surface area contributed by atoms with Gasteiger partial charge in [-0.15, -0.1) is 0 Å². The van der Waals surface area contributed by atoms with Gasteiger partial charge in [-0.05, 0) is 48.5 Å². The maximum atomic E-state index is 13.4. The second-order valence-electron chi connectivity index (χ2n) is 5.87. The first kappa shape index (κ1) is 20.0. The lowest BCUT2D eigenvalue weighted by Gasteiger charge is -2.09. The van der Waals surface area contributed by atoms with Crippen LogP contribution in [0.1, 0.15) is 10.4 Å². The van der Waals surface area contributed by atoms with Crippen molar-refractivity contribution in [2.75, 3.05) is 10.0 Å². The first-order valence-electron chi connectivity index (χ1n) is 8.19. The number of benzene rings is 3. The van der Waals surface area contributed by atoms with E-state index in [0.29, 0.717) is 5.69 Å². The Hall–Kier alpha value is -3.79. The molecule has 0 spiro atoms. The Morgan fingerprint density at radius 3 is 2.21 bits per heavy atom. The van der Waals surface area contributed by atoms with Gasteiger partial charge in [-0.25, -0.2) is 8.42 Å². The van der Waals surface area contributed by atoms with Gasteiger partial charge in [0.2, 0.25) is 5.82 Å². The molecule has 0 aliphatic heterocycles. The van der Waals surface area contributed by atoms with Crippen LogP contribution in [0.3, 0.4) is 0 Å². The smallest absolute Gasteiger partial charge is 0.306 e. The normalized spacial score (nSPS) is 10.9. The summed E-state index contributed by atoms with van der Waals surface area (Å²) in [6.45, 7) is 0. The highest BCUT2D eigenvalue weighted by Crippen LogP contribution is 2.22. The third-order valence-electron chi connectivity index (χ3n) is 3.85. The van der Waals surface area contributed by atoms with Gasteiger partial charge in [-0.1, -0.05) is 18.2 Å². The lowest BCUT2D eigenvalue weighted by atomic mass is 10.2. The topological polar surface area (TPSA) is 118 Å². The molecule has 0 saturated carbocycles. The van der Waals surface area contributed by atoms with Gasteiger partial charge >= 0.3 is 5.69 Å². The molecule has 0 aliphatic rings. The Bertz CT molecular complexity index is 1170. The number of anilines is 2. The van der Waals surface area contributed by atoms with E-state index < -0.39 is 32.4 Å². The molecule has 29 heavy (non-hydrogen) atoms. The summed E-state index contributed by atoms with van der Waals surface area (Å²) in [5, 5.41) is 13.2. The molecule has 3 aromatic carbocycles. The van der Waals surface area contributed by atoms with Crippen LogP contribution in [-0.2, 0) is 10.0 Å². The zero-order valence-corrected chi connectivity index (χ0v) is 15.5. The summed E-state index contributed by atoms with van der Waals surface area (Å²) in [6, 6.07) is 16.4. The zero-order valence-electron chi connectivity index (χ0n) is 14.7. The minimum atomic E-state index is -3.83. The van der Waals surface area contributed by atoms with Gasteiger partial charge in [0.05, 0.1) is 9.82 Å². The SMILES string of the molecule is O=C(Nc1ccc(F)c([N+](=O)[O-])c1)c1ccc(S(=O)(=O)Nc2ccccc2)cc1. The molecular formula is C19H14FN3O5S. The fraction of sp³-hybridized carbons (Fsp3) is 0. The lowest BCUT2D eigenvalue weighted by molar-refractivity contribution is -0.387. The molecular weight excluding hydrogens is 401 g/mol. The Morgan fingerprint density at radius 2 is 1.59 bits per heavy atom. The molecule has 3 rings (SSSR count). The van der Waals surface area contributed by atoms with Crippen LogP contribution >= 0.6 is 0 Å². The summed E-state index contributed by atoms with van der Waals surface area (Å²) < 4.78 is 40.6. The van der Waals surface area contributed by atoms with Crippen LogP contribution in [0.15, 0.2) is 77.7 Å². The Morgan fingerprint density at radius 1 is 0.931 bits per heavy atom.